The number of allylic oxidation sites excluding steroid dienone is 3. The van der Waals surface area contributed by atoms with Crippen molar-refractivity contribution < 1.29 is 0 Å². The van der Waals surface area contributed by atoms with E-state index in [1.54, 1.807) is 6.08 Å². The van der Waals surface area contributed by atoms with Crippen LogP contribution in [0, 0.1) is 0 Å². The Labute approximate surface area is 63.6 Å². The summed E-state index contributed by atoms with van der Waals surface area (Å²) in [4.78, 5) is 0. The average molecular weight is 139 g/mol. The van der Waals surface area contributed by atoms with Crippen molar-refractivity contribution in [3.63, 3.8) is 0 Å². The van der Waals surface area contributed by atoms with Crippen molar-refractivity contribution in [1.29, 1.82) is 0 Å². The van der Waals surface area contributed by atoms with E-state index < -0.39 is 0 Å². The van der Waals surface area contributed by atoms with Crippen molar-refractivity contribution in [2.75, 3.05) is 0 Å². The lowest BCUT2D eigenvalue weighted by atomic mass is 10.1. The first kappa shape index (κ1) is 9.44. The Morgan fingerprint density at radius 1 is 1.60 bits per heavy atom. The molecule has 0 aromatic heterocycles. The van der Waals surface area contributed by atoms with Gasteiger partial charge in [-0.05, 0) is 26.2 Å². The number of nitrogens with two attached hydrogens (primary N) is 1. The van der Waals surface area contributed by atoms with Gasteiger partial charge in [-0.15, -0.1) is 0 Å². The molecule has 0 rings (SSSR count). The van der Waals surface area contributed by atoms with Crippen molar-refractivity contribution in [2.24, 2.45) is 5.73 Å². The molecule has 0 amide bonds. The fourth-order valence-corrected chi connectivity index (χ4v) is 0.750. The van der Waals surface area contributed by atoms with E-state index in [0.717, 1.165) is 12.8 Å². The van der Waals surface area contributed by atoms with Gasteiger partial charge in [0, 0.05) is 6.04 Å². The summed E-state index contributed by atoms with van der Waals surface area (Å²) >= 11 is 0. The molecule has 1 heteroatoms. The second-order valence-electron chi connectivity index (χ2n) is 2.57. The SMILES string of the molecule is C=C/C=C/CCCC(C)N. The molecular weight excluding hydrogens is 122 g/mol. The second-order valence-corrected chi connectivity index (χ2v) is 2.57. The maximum atomic E-state index is 5.56. The van der Waals surface area contributed by atoms with Crippen LogP contribution in [0.1, 0.15) is 26.2 Å². The summed E-state index contributed by atoms with van der Waals surface area (Å²) in [5.74, 6) is 0. The molecule has 2 N–H and O–H groups in total. The zero-order valence-electron chi connectivity index (χ0n) is 6.72. The number of rotatable bonds is 5. The molecule has 1 nitrogen and oxygen atoms in total. The van der Waals surface area contributed by atoms with Gasteiger partial charge in [0.15, 0.2) is 0 Å². The summed E-state index contributed by atoms with van der Waals surface area (Å²) in [6.45, 7) is 5.62. The van der Waals surface area contributed by atoms with Gasteiger partial charge in [0.1, 0.15) is 0 Å². The Balaban J connectivity index is 3.04. The third kappa shape index (κ3) is 7.44. The van der Waals surface area contributed by atoms with Crippen molar-refractivity contribution in [3.05, 3.63) is 24.8 Å². The topological polar surface area (TPSA) is 26.0 Å². The molecule has 0 fully saturated rings. The molecule has 10 heavy (non-hydrogen) atoms. The first-order valence-electron chi connectivity index (χ1n) is 3.80. The Bertz CT molecular complexity index is 103. The summed E-state index contributed by atoms with van der Waals surface area (Å²) in [5, 5.41) is 0. The lowest BCUT2D eigenvalue weighted by Gasteiger charge is -2.00. The molecule has 0 saturated heterocycles. The Morgan fingerprint density at radius 3 is 2.80 bits per heavy atom. The van der Waals surface area contributed by atoms with Gasteiger partial charge >= 0.3 is 0 Å². The van der Waals surface area contributed by atoms with E-state index in [4.69, 9.17) is 5.73 Å². The predicted molar refractivity (Wildman–Crippen MR) is 46.8 cm³/mol. The van der Waals surface area contributed by atoms with Crippen LogP contribution in [-0.2, 0) is 0 Å². The van der Waals surface area contributed by atoms with Crippen LogP contribution in [0.3, 0.4) is 0 Å². The quantitative estimate of drug-likeness (QED) is 0.459. The van der Waals surface area contributed by atoms with E-state index in [2.05, 4.69) is 12.7 Å². The summed E-state index contributed by atoms with van der Waals surface area (Å²) in [6.07, 6.45) is 9.31. The smallest absolute Gasteiger partial charge is 0.00105 e. The molecular formula is C9H17N. The molecule has 0 spiro atoms. The van der Waals surface area contributed by atoms with Crippen LogP contribution in [0.25, 0.3) is 0 Å². The van der Waals surface area contributed by atoms with E-state index in [-0.39, 0.29) is 0 Å². The molecule has 0 aliphatic rings. The lowest BCUT2D eigenvalue weighted by Crippen LogP contribution is -2.13. The molecule has 0 aliphatic carbocycles. The van der Waals surface area contributed by atoms with Gasteiger partial charge in [0.05, 0.1) is 0 Å². The highest BCUT2D eigenvalue weighted by Crippen LogP contribution is 1.98. The highest BCUT2D eigenvalue weighted by molar-refractivity contribution is 4.96. The summed E-state index contributed by atoms with van der Waals surface area (Å²) < 4.78 is 0. The van der Waals surface area contributed by atoms with E-state index >= 15 is 0 Å². The van der Waals surface area contributed by atoms with Crippen LogP contribution < -0.4 is 5.73 Å². The normalized spacial score (nSPS) is 13.8. The van der Waals surface area contributed by atoms with Crippen molar-refractivity contribution in [1.82, 2.24) is 0 Å². The molecule has 0 saturated carbocycles. The van der Waals surface area contributed by atoms with E-state index in [0.29, 0.717) is 6.04 Å². The molecule has 58 valence electrons. The van der Waals surface area contributed by atoms with Crippen LogP contribution in [0.4, 0.5) is 0 Å². The molecule has 0 aromatic rings. The van der Waals surface area contributed by atoms with Gasteiger partial charge in [-0.25, -0.2) is 0 Å². The van der Waals surface area contributed by atoms with Crippen molar-refractivity contribution >= 4 is 0 Å². The number of unbranched alkanes of at least 4 members (excludes halogenated alkanes) is 1. The van der Waals surface area contributed by atoms with E-state index in [1.165, 1.54) is 6.42 Å². The maximum absolute atomic E-state index is 5.56. The summed E-state index contributed by atoms with van der Waals surface area (Å²) in [5.41, 5.74) is 5.56. The van der Waals surface area contributed by atoms with Gasteiger partial charge in [-0.1, -0.05) is 24.8 Å². The Morgan fingerprint density at radius 2 is 2.30 bits per heavy atom. The predicted octanol–water partition coefficient (Wildman–Crippen LogP) is 2.25. The maximum Gasteiger partial charge on any atom is 0.00105 e. The zero-order chi connectivity index (χ0) is 7.82. The molecule has 0 aliphatic heterocycles. The second kappa shape index (κ2) is 6.56. The third-order valence-corrected chi connectivity index (χ3v) is 1.30. The number of hydrogen-bond acceptors (Lipinski definition) is 1. The van der Waals surface area contributed by atoms with Crippen LogP contribution >= 0.6 is 0 Å². The van der Waals surface area contributed by atoms with Crippen molar-refractivity contribution in [2.45, 2.75) is 32.2 Å². The molecule has 0 bridgehead atoms. The fourth-order valence-electron chi connectivity index (χ4n) is 0.750. The first-order chi connectivity index (χ1) is 4.77. The van der Waals surface area contributed by atoms with Crippen LogP contribution in [-0.4, -0.2) is 6.04 Å². The molecule has 0 heterocycles. The largest absolute Gasteiger partial charge is 0.328 e. The minimum absolute atomic E-state index is 0.345. The fraction of sp³-hybridized carbons (Fsp3) is 0.556. The molecule has 1 unspecified atom stereocenters. The van der Waals surface area contributed by atoms with Gasteiger partial charge in [0.25, 0.3) is 0 Å². The minimum Gasteiger partial charge on any atom is -0.328 e. The standard InChI is InChI=1S/C9H17N/c1-3-4-5-6-7-8-9(2)10/h3-5,9H,1,6-8,10H2,2H3/b5-4+. The van der Waals surface area contributed by atoms with Gasteiger partial charge in [-0.3, -0.25) is 0 Å². The average Bonchev–Trinajstić information content (AvgIpc) is 1.87. The molecule has 0 aromatic carbocycles. The lowest BCUT2D eigenvalue weighted by molar-refractivity contribution is 0.630. The highest BCUT2D eigenvalue weighted by atomic mass is 14.6. The summed E-state index contributed by atoms with van der Waals surface area (Å²) in [7, 11) is 0. The van der Waals surface area contributed by atoms with Gasteiger partial charge in [-0.2, -0.15) is 0 Å². The number of hydrogen-bond donors (Lipinski definition) is 1. The molecule has 0 radical (unpaired) electrons. The minimum atomic E-state index is 0.345. The summed E-state index contributed by atoms with van der Waals surface area (Å²) in [6, 6.07) is 0.345. The Kier molecular flexibility index (Phi) is 6.19. The van der Waals surface area contributed by atoms with Gasteiger partial charge < -0.3 is 5.73 Å². The zero-order valence-corrected chi connectivity index (χ0v) is 6.72. The van der Waals surface area contributed by atoms with Crippen LogP contribution in [0.2, 0.25) is 0 Å². The van der Waals surface area contributed by atoms with Crippen LogP contribution in [0.15, 0.2) is 24.8 Å². The Hall–Kier alpha value is -0.560. The van der Waals surface area contributed by atoms with E-state index in [9.17, 15) is 0 Å². The third-order valence-electron chi connectivity index (χ3n) is 1.30. The van der Waals surface area contributed by atoms with Crippen molar-refractivity contribution in [3.8, 4) is 0 Å². The van der Waals surface area contributed by atoms with Gasteiger partial charge in [0.2, 0.25) is 0 Å². The van der Waals surface area contributed by atoms with E-state index in [1.807, 2.05) is 13.0 Å². The van der Waals surface area contributed by atoms with Crippen LogP contribution in [0.5, 0.6) is 0 Å². The highest BCUT2D eigenvalue weighted by Gasteiger charge is 1.90. The first-order valence-corrected chi connectivity index (χ1v) is 3.80. The monoisotopic (exact) mass is 139 g/mol. The molecule has 1 atom stereocenters.